The Morgan fingerprint density at radius 1 is 1.06 bits per heavy atom. The van der Waals surface area contributed by atoms with Gasteiger partial charge in [-0.1, -0.05) is 72.3 Å². The highest BCUT2D eigenvalue weighted by Gasteiger charge is 2.20. The van der Waals surface area contributed by atoms with Crippen molar-refractivity contribution in [1.82, 2.24) is 15.5 Å². The predicted octanol–water partition coefficient (Wildman–Crippen LogP) is 3.73. The molecule has 1 heterocycles. The van der Waals surface area contributed by atoms with E-state index in [1.165, 1.54) is 0 Å². The summed E-state index contributed by atoms with van der Waals surface area (Å²) >= 11 is 0. The molecule has 0 saturated heterocycles. The van der Waals surface area contributed by atoms with Crippen LogP contribution < -0.4 is 10.6 Å². The first kappa shape index (κ1) is 22.6. The van der Waals surface area contributed by atoms with Crippen LogP contribution in [0, 0.1) is 6.92 Å². The van der Waals surface area contributed by atoms with Gasteiger partial charge < -0.3 is 20.6 Å². The largest absolute Gasteiger partial charge is 0.387 e. The Balaban J connectivity index is 1.47. The van der Waals surface area contributed by atoms with Gasteiger partial charge in [-0.05, 0) is 41.7 Å². The molecule has 1 aliphatic rings. The maximum Gasteiger partial charge on any atom is 0.318 e. The monoisotopic (exact) mass is 443 g/mol. The van der Waals surface area contributed by atoms with Crippen molar-refractivity contribution in [3.63, 3.8) is 0 Å². The molecule has 0 spiro atoms. The fraction of sp³-hybridized carbons (Fsp3) is 0.259. The minimum Gasteiger partial charge on any atom is -0.387 e. The highest BCUT2D eigenvalue weighted by Crippen LogP contribution is 2.19. The molecule has 0 radical (unpaired) electrons. The zero-order valence-corrected chi connectivity index (χ0v) is 18.8. The number of aryl methyl sites for hydroxylation is 1. The number of aliphatic hydroxyl groups excluding tert-OH is 1. The zero-order valence-electron chi connectivity index (χ0n) is 18.8. The number of carbonyl (C=O) groups is 2. The van der Waals surface area contributed by atoms with Crippen molar-refractivity contribution >= 4 is 11.9 Å². The number of carbonyl (C=O) groups excluding carboxylic acids is 2. The number of urea groups is 1. The Morgan fingerprint density at radius 2 is 1.88 bits per heavy atom. The Bertz CT molecular complexity index is 1130. The molecular formula is C27H29N3O3. The molecule has 6 heteroatoms. The van der Waals surface area contributed by atoms with Crippen LogP contribution in [0.3, 0.4) is 0 Å². The Kier molecular flexibility index (Phi) is 7.05. The number of fused-ring (bicyclic) bond motifs is 1. The van der Waals surface area contributed by atoms with Crippen molar-refractivity contribution < 1.29 is 14.7 Å². The number of amides is 3. The van der Waals surface area contributed by atoms with Crippen LogP contribution >= 0.6 is 0 Å². The van der Waals surface area contributed by atoms with Gasteiger partial charge in [-0.3, -0.25) is 4.79 Å². The lowest BCUT2D eigenvalue weighted by atomic mass is 9.98. The fourth-order valence-electron chi connectivity index (χ4n) is 4.07. The third kappa shape index (κ3) is 5.79. The summed E-state index contributed by atoms with van der Waals surface area (Å²) < 4.78 is 0. The standard InChI is InChI=1S/C27H29N3O3/c1-19-6-5-9-23(14-19)25(31)18-30(17-20-7-3-2-4-8-20)27(33)29-16-21-10-11-22-12-13-28-26(32)24(22)15-21/h2-11,14-15,25,31H,12-13,16-18H2,1H3,(H,28,32)(H,29,33). The number of benzene rings is 3. The molecule has 33 heavy (non-hydrogen) atoms. The molecule has 0 fully saturated rings. The molecule has 1 aliphatic heterocycles. The summed E-state index contributed by atoms with van der Waals surface area (Å²) in [4.78, 5) is 26.9. The van der Waals surface area contributed by atoms with E-state index in [1.807, 2.05) is 79.7 Å². The Hall–Kier alpha value is -3.64. The van der Waals surface area contributed by atoms with E-state index in [4.69, 9.17) is 0 Å². The second-order valence-electron chi connectivity index (χ2n) is 8.45. The van der Waals surface area contributed by atoms with Crippen LogP contribution in [0.15, 0.2) is 72.8 Å². The van der Waals surface area contributed by atoms with Gasteiger partial charge in [0.15, 0.2) is 0 Å². The average Bonchev–Trinajstić information content (AvgIpc) is 2.83. The highest BCUT2D eigenvalue weighted by atomic mass is 16.3. The minimum atomic E-state index is -0.799. The first-order chi connectivity index (χ1) is 16.0. The first-order valence-corrected chi connectivity index (χ1v) is 11.2. The van der Waals surface area contributed by atoms with E-state index in [1.54, 1.807) is 4.90 Å². The zero-order chi connectivity index (χ0) is 23.2. The smallest absolute Gasteiger partial charge is 0.318 e. The summed E-state index contributed by atoms with van der Waals surface area (Å²) in [6.07, 6.45) is 0.0156. The van der Waals surface area contributed by atoms with Crippen LogP contribution in [-0.4, -0.2) is 35.0 Å². The lowest BCUT2D eigenvalue weighted by Gasteiger charge is -2.26. The number of hydrogen-bond acceptors (Lipinski definition) is 3. The lowest BCUT2D eigenvalue weighted by molar-refractivity contribution is 0.0946. The van der Waals surface area contributed by atoms with E-state index in [0.29, 0.717) is 25.2 Å². The number of hydrogen-bond donors (Lipinski definition) is 3. The van der Waals surface area contributed by atoms with Crippen molar-refractivity contribution in [2.75, 3.05) is 13.1 Å². The fourth-order valence-corrected chi connectivity index (χ4v) is 4.07. The summed E-state index contributed by atoms with van der Waals surface area (Å²) in [5, 5.41) is 16.6. The normalized spacial score (nSPS) is 13.6. The first-order valence-electron chi connectivity index (χ1n) is 11.2. The maximum atomic E-state index is 13.1. The van der Waals surface area contributed by atoms with Crippen LogP contribution in [0.4, 0.5) is 4.79 Å². The van der Waals surface area contributed by atoms with E-state index in [-0.39, 0.29) is 18.5 Å². The minimum absolute atomic E-state index is 0.0728. The van der Waals surface area contributed by atoms with E-state index in [2.05, 4.69) is 10.6 Å². The molecule has 0 aliphatic carbocycles. The second kappa shape index (κ2) is 10.3. The van der Waals surface area contributed by atoms with Crippen LogP contribution in [0.2, 0.25) is 0 Å². The van der Waals surface area contributed by atoms with E-state index in [9.17, 15) is 14.7 Å². The molecule has 1 unspecified atom stereocenters. The topological polar surface area (TPSA) is 81.7 Å². The van der Waals surface area contributed by atoms with Crippen LogP contribution in [0.25, 0.3) is 0 Å². The van der Waals surface area contributed by atoms with Crippen molar-refractivity contribution in [2.24, 2.45) is 0 Å². The van der Waals surface area contributed by atoms with Crippen LogP contribution in [0.1, 0.15) is 44.3 Å². The molecule has 3 amide bonds. The summed E-state index contributed by atoms with van der Waals surface area (Å²) in [5.74, 6) is -0.0728. The molecule has 0 aromatic heterocycles. The molecule has 170 valence electrons. The molecule has 3 aromatic rings. The van der Waals surface area contributed by atoms with Gasteiger partial charge in [-0.25, -0.2) is 4.79 Å². The van der Waals surface area contributed by atoms with E-state index >= 15 is 0 Å². The number of aliphatic hydroxyl groups is 1. The molecular weight excluding hydrogens is 414 g/mol. The van der Waals surface area contributed by atoms with Crippen molar-refractivity contribution in [3.8, 4) is 0 Å². The van der Waals surface area contributed by atoms with Gasteiger partial charge in [0, 0.05) is 25.2 Å². The van der Waals surface area contributed by atoms with Gasteiger partial charge in [-0.15, -0.1) is 0 Å². The third-order valence-corrected chi connectivity index (χ3v) is 5.87. The number of rotatable bonds is 7. The van der Waals surface area contributed by atoms with E-state index in [0.717, 1.165) is 34.2 Å². The summed E-state index contributed by atoms with van der Waals surface area (Å²) in [5.41, 5.74) is 5.38. The Morgan fingerprint density at radius 3 is 2.67 bits per heavy atom. The average molecular weight is 444 g/mol. The third-order valence-electron chi connectivity index (χ3n) is 5.87. The van der Waals surface area contributed by atoms with E-state index < -0.39 is 6.10 Å². The quantitative estimate of drug-likeness (QED) is 0.521. The molecule has 0 saturated carbocycles. The van der Waals surface area contributed by atoms with Crippen LogP contribution in [-0.2, 0) is 19.5 Å². The molecule has 0 bridgehead atoms. The van der Waals surface area contributed by atoms with Gasteiger partial charge in [-0.2, -0.15) is 0 Å². The van der Waals surface area contributed by atoms with Gasteiger partial charge >= 0.3 is 6.03 Å². The van der Waals surface area contributed by atoms with Crippen LogP contribution in [0.5, 0.6) is 0 Å². The second-order valence-corrected chi connectivity index (χ2v) is 8.45. The summed E-state index contributed by atoms with van der Waals surface area (Å²) in [7, 11) is 0. The molecule has 1 atom stereocenters. The van der Waals surface area contributed by atoms with Gasteiger partial charge in [0.05, 0.1) is 12.6 Å². The maximum absolute atomic E-state index is 13.1. The van der Waals surface area contributed by atoms with Crippen molar-refractivity contribution in [2.45, 2.75) is 32.5 Å². The molecule has 4 rings (SSSR count). The molecule has 3 N–H and O–H groups in total. The highest BCUT2D eigenvalue weighted by molar-refractivity contribution is 5.96. The number of nitrogens with one attached hydrogen (secondary N) is 2. The van der Waals surface area contributed by atoms with Crippen molar-refractivity contribution in [1.29, 1.82) is 0 Å². The summed E-state index contributed by atoms with van der Waals surface area (Å²) in [6.45, 7) is 3.47. The van der Waals surface area contributed by atoms with Gasteiger partial charge in [0.2, 0.25) is 0 Å². The Labute approximate surface area is 194 Å². The SMILES string of the molecule is Cc1cccc(C(O)CN(Cc2ccccc2)C(=O)NCc2ccc3c(c2)C(=O)NCC3)c1. The van der Waals surface area contributed by atoms with Crippen molar-refractivity contribution in [3.05, 3.63) is 106 Å². The molecule has 3 aromatic carbocycles. The van der Waals surface area contributed by atoms with Gasteiger partial charge in [0.25, 0.3) is 5.91 Å². The molecule has 6 nitrogen and oxygen atoms in total. The van der Waals surface area contributed by atoms with Gasteiger partial charge in [0.1, 0.15) is 0 Å². The summed E-state index contributed by atoms with van der Waals surface area (Å²) in [6, 6.07) is 22.9. The predicted molar refractivity (Wildman–Crippen MR) is 128 cm³/mol. The lowest BCUT2D eigenvalue weighted by Crippen LogP contribution is -2.41. The number of nitrogens with zero attached hydrogens (tertiary/aromatic N) is 1.